The van der Waals surface area contributed by atoms with Gasteiger partial charge in [-0.3, -0.25) is 0 Å². The van der Waals surface area contributed by atoms with Gasteiger partial charge in [0.15, 0.2) is 5.96 Å². The van der Waals surface area contributed by atoms with Gasteiger partial charge in [0.05, 0.1) is 6.54 Å². The Labute approximate surface area is 145 Å². The molecule has 1 aliphatic heterocycles. The summed E-state index contributed by atoms with van der Waals surface area (Å²) in [5.74, 6) is 1.55. The number of rotatable bonds is 8. The number of nitrogens with zero attached hydrogens (tertiary/aromatic N) is 3. The number of guanidine groups is 1. The Morgan fingerprint density at radius 2 is 2.12 bits per heavy atom. The first-order chi connectivity index (χ1) is 11.8. The van der Waals surface area contributed by atoms with Gasteiger partial charge >= 0.3 is 0 Å². The Kier molecular flexibility index (Phi) is 8.38. The first kappa shape index (κ1) is 18.5. The molecule has 0 aromatic carbocycles. The average molecular weight is 333 g/mol. The van der Waals surface area contributed by atoms with Crippen LogP contribution >= 0.6 is 0 Å². The quantitative estimate of drug-likeness (QED) is 0.434. The number of ether oxygens (including phenoxy) is 1. The highest BCUT2D eigenvalue weighted by molar-refractivity contribution is 5.77. The van der Waals surface area contributed by atoms with Crippen molar-refractivity contribution < 1.29 is 4.74 Å². The molecule has 1 aromatic heterocycles. The normalized spacial score (nSPS) is 16.0. The Bertz CT molecular complexity index is 498. The SMILES string of the molecule is CCOCCCNC(N)=NCc1ccnc(N2CCCCCC2)c1. The van der Waals surface area contributed by atoms with E-state index in [0.29, 0.717) is 12.5 Å². The largest absolute Gasteiger partial charge is 0.382 e. The summed E-state index contributed by atoms with van der Waals surface area (Å²) < 4.78 is 5.29. The molecule has 0 atom stereocenters. The molecule has 134 valence electrons. The Morgan fingerprint density at radius 3 is 2.88 bits per heavy atom. The van der Waals surface area contributed by atoms with Crippen LogP contribution in [0.25, 0.3) is 0 Å². The van der Waals surface area contributed by atoms with Crippen LogP contribution in [0, 0.1) is 0 Å². The molecule has 0 bridgehead atoms. The minimum Gasteiger partial charge on any atom is -0.382 e. The fourth-order valence-corrected chi connectivity index (χ4v) is 2.80. The molecule has 0 aliphatic carbocycles. The van der Waals surface area contributed by atoms with Crippen LogP contribution in [0.4, 0.5) is 5.82 Å². The van der Waals surface area contributed by atoms with Gasteiger partial charge in [-0.05, 0) is 43.9 Å². The molecule has 24 heavy (non-hydrogen) atoms. The number of anilines is 1. The van der Waals surface area contributed by atoms with Crippen molar-refractivity contribution in [2.75, 3.05) is 37.7 Å². The second-order valence-electron chi connectivity index (χ2n) is 6.10. The predicted molar refractivity (Wildman–Crippen MR) is 99.4 cm³/mol. The summed E-state index contributed by atoms with van der Waals surface area (Å²) in [6, 6.07) is 4.14. The lowest BCUT2D eigenvalue weighted by atomic mass is 10.2. The molecule has 6 heteroatoms. The van der Waals surface area contributed by atoms with E-state index >= 15 is 0 Å². The number of aliphatic imine (C=N–C) groups is 1. The van der Waals surface area contributed by atoms with Gasteiger partial charge in [-0.1, -0.05) is 12.8 Å². The summed E-state index contributed by atoms with van der Waals surface area (Å²) in [7, 11) is 0. The number of nitrogens with one attached hydrogen (secondary N) is 1. The molecule has 1 aliphatic rings. The second kappa shape index (κ2) is 10.9. The summed E-state index contributed by atoms with van der Waals surface area (Å²) in [4.78, 5) is 11.3. The van der Waals surface area contributed by atoms with Gasteiger partial charge in [0, 0.05) is 39.0 Å². The summed E-state index contributed by atoms with van der Waals surface area (Å²) in [6.45, 7) is 7.06. The molecule has 1 saturated heterocycles. The maximum Gasteiger partial charge on any atom is 0.188 e. The molecule has 0 saturated carbocycles. The van der Waals surface area contributed by atoms with Gasteiger partial charge in [-0.15, -0.1) is 0 Å². The van der Waals surface area contributed by atoms with Crippen molar-refractivity contribution in [1.82, 2.24) is 10.3 Å². The summed E-state index contributed by atoms with van der Waals surface area (Å²) in [5.41, 5.74) is 7.05. The maximum atomic E-state index is 5.91. The van der Waals surface area contributed by atoms with E-state index in [2.05, 4.69) is 26.3 Å². The summed E-state index contributed by atoms with van der Waals surface area (Å²) in [5, 5.41) is 3.12. The zero-order chi connectivity index (χ0) is 17.0. The molecule has 2 heterocycles. The molecule has 0 radical (unpaired) electrons. The number of aromatic nitrogens is 1. The van der Waals surface area contributed by atoms with Crippen molar-refractivity contribution in [1.29, 1.82) is 0 Å². The minimum absolute atomic E-state index is 0.486. The van der Waals surface area contributed by atoms with Crippen molar-refractivity contribution >= 4 is 11.8 Å². The van der Waals surface area contributed by atoms with Crippen LogP contribution in [0.3, 0.4) is 0 Å². The lowest BCUT2D eigenvalue weighted by Gasteiger charge is -2.21. The minimum atomic E-state index is 0.486. The highest BCUT2D eigenvalue weighted by Gasteiger charge is 2.11. The first-order valence-electron chi connectivity index (χ1n) is 9.11. The van der Waals surface area contributed by atoms with Gasteiger partial charge in [-0.25, -0.2) is 9.98 Å². The lowest BCUT2D eigenvalue weighted by Crippen LogP contribution is -2.32. The van der Waals surface area contributed by atoms with Gasteiger partial charge in [0.1, 0.15) is 5.82 Å². The van der Waals surface area contributed by atoms with E-state index in [0.717, 1.165) is 50.7 Å². The van der Waals surface area contributed by atoms with Crippen LogP contribution in [0.15, 0.2) is 23.3 Å². The molecule has 3 N–H and O–H groups in total. The lowest BCUT2D eigenvalue weighted by molar-refractivity contribution is 0.145. The van der Waals surface area contributed by atoms with Crippen LogP contribution in [0.1, 0.15) is 44.6 Å². The Balaban J connectivity index is 1.81. The average Bonchev–Trinajstić information content (AvgIpc) is 2.89. The van der Waals surface area contributed by atoms with Crippen LogP contribution in [-0.4, -0.2) is 43.8 Å². The van der Waals surface area contributed by atoms with E-state index < -0.39 is 0 Å². The molecular weight excluding hydrogens is 302 g/mol. The number of hydrogen-bond acceptors (Lipinski definition) is 4. The van der Waals surface area contributed by atoms with Crippen molar-refractivity contribution in [3.63, 3.8) is 0 Å². The van der Waals surface area contributed by atoms with Gasteiger partial charge in [0.2, 0.25) is 0 Å². The first-order valence-corrected chi connectivity index (χ1v) is 9.11. The molecular formula is C18H31N5O. The van der Waals surface area contributed by atoms with Crippen molar-refractivity contribution in [3.05, 3.63) is 23.9 Å². The fraction of sp³-hybridized carbons (Fsp3) is 0.667. The van der Waals surface area contributed by atoms with E-state index in [4.69, 9.17) is 10.5 Å². The highest BCUT2D eigenvalue weighted by atomic mass is 16.5. The van der Waals surface area contributed by atoms with Crippen LogP contribution < -0.4 is 16.0 Å². The van der Waals surface area contributed by atoms with E-state index in [-0.39, 0.29) is 0 Å². The van der Waals surface area contributed by atoms with Crippen LogP contribution in [0.2, 0.25) is 0 Å². The zero-order valence-electron chi connectivity index (χ0n) is 14.8. The summed E-state index contributed by atoms with van der Waals surface area (Å²) >= 11 is 0. The molecule has 1 aromatic rings. The van der Waals surface area contributed by atoms with E-state index in [1.54, 1.807) is 0 Å². The number of hydrogen-bond donors (Lipinski definition) is 2. The highest BCUT2D eigenvalue weighted by Crippen LogP contribution is 2.18. The Morgan fingerprint density at radius 1 is 1.33 bits per heavy atom. The third-order valence-electron chi connectivity index (χ3n) is 4.15. The van der Waals surface area contributed by atoms with Crippen molar-refractivity contribution in [2.45, 2.75) is 45.6 Å². The van der Waals surface area contributed by atoms with E-state index in [9.17, 15) is 0 Å². The van der Waals surface area contributed by atoms with Gasteiger partial charge < -0.3 is 20.7 Å². The smallest absolute Gasteiger partial charge is 0.188 e. The summed E-state index contributed by atoms with van der Waals surface area (Å²) in [6.07, 6.45) is 7.96. The fourth-order valence-electron chi connectivity index (χ4n) is 2.80. The molecule has 2 rings (SSSR count). The standard InChI is InChI=1S/C18H31N5O/c1-2-24-13-7-9-21-18(19)22-15-16-8-10-20-17(14-16)23-11-5-3-4-6-12-23/h8,10,14H,2-7,9,11-13,15H2,1H3,(H3,19,21,22). The molecule has 0 spiro atoms. The van der Waals surface area contributed by atoms with Crippen LogP contribution in [-0.2, 0) is 11.3 Å². The van der Waals surface area contributed by atoms with E-state index in [1.165, 1.54) is 25.7 Å². The topological polar surface area (TPSA) is 75.8 Å². The molecule has 0 unspecified atom stereocenters. The molecule has 1 fully saturated rings. The molecule has 0 amide bonds. The van der Waals surface area contributed by atoms with Crippen molar-refractivity contribution in [3.8, 4) is 0 Å². The van der Waals surface area contributed by atoms with Crippen molar-refractivity contribution in [2.24, 2.45) is 10.7 Å². The van der Waals surface area contributed by atoms with Gasteiger partial charge in [0.25, 0.3) is 0 Å². The van der Waals surface area contributed by atoms with E-state index in [1.807, 2.05) is 19.2 Å². The Hall–Kier alpha value is -1.82. The maximum absolute atomic E-state index is 5.91. The molecule has 6 nitrogen and oxygen atoms in total. The zero-order valence-corrected chi connectivity index (χ0v) is 14.8. The number of nitrogens with two attached hydrogens (primary N) is 1. The second-order valence-corrected chi connectivity index (χ2v) is 6.10. The van der Waals surface area contributed by atoms with Gasteiger partial charge in [-0.2, -0.15) is 0 Å². The predicted octanol–water partition coefficient (Wildman–Crippen LogP) is 2.29. The van der Waals surface area contributed by atoms with Crippen LogP contribution in [0.5, 0.6) is 0 Å². The third-order valence-corrected chi connectivity index (χ3v) is 4.15. The third kappa shape index (κ3) is 6.74. The monoisotopic (exact) mass is 333 g/mol. The number of pyridine rings is 1.